The minimum atomic E-state index is -0.997. The van der Waals surface area contributed by atoms with Gasteiger partial charge in [0.15, 0.2) is 0 Å². The summed E-state index contributed by atoms with van der Waals surface area (Å²) in [6, 6.07) is 28.8. The Morgan fingerprint density at radius 1 is 0.812 bits per heavy atom. The first-order chi connectivity index (χ1) is 15.6. The molecule has 0 unspecified atom stereocenters. The molecular formula is C28H21FO3. The van der Waals surface area contributed by atoms with E-state index in [4.69, 9.17) is 4.74 Å². The quantitative estimate of drug-likeness (QED) is 0.327. The van der Waals surface area contributed by atoms with Gasteiger partial charge in [0.05, 0.1) is 5.56 Å². The highest BCUT2D eigenvalue weighted by Gasteiger charge is 2.10. The molecule has 4 aromatic rings. The zero-order valence-corrected chi connectivity index (χ0v) is 17.2. The number of hydrogen-bond donors (Lipinski definition) is 1. The predicted octanol–water partition coefficient (Wildman–Crippen LogP) is 6.94. The van der Waals surface area contributed by atoms with E-state index in [1.54, 1.807) is 36.4 Å². The van der Waals surface area contributed by atoms with Gasteiger partial charge in [-0.05, 0) is 64.2 Å². The molecule has 32 heavy (non-hydrogen) atoms. The molecule has 0 aliphatic carbocycles. The second-order valence-electron chi connectivity index (χ2n) is 7.29. The summed E-state index contributed by atoms with van der Waals surface area (Å²) in [5.74, 6) is -0.490. The Hall–Kier alpha value is -4.18. The molecule has 4 heteroatoms. The Bertz CT molecular complexity index is 1230. The Morgan fingerprint density at radius 3 is 2.19 bits per heavy atom. The molecule has 0 aliphatic heterocycles. The highest BCUT2D eigenvalue weighted by molar-refractivity contribution is 5.94. The normalized spacial score (nSPS) is 10.9. The number of ether oxygens (including phenoxy) is 1. The molecule has 0 radical (unpaired) electrons. The Labute approximate surface area is 186 Å². The van der Waals surface area contributed by atoms with Crippen LogP contribution in [0.3, 0.4) is 0 Å². The monoisotopic (exact) mass is 424 g/mol. The number of para-hydroxylation sites is 1. The van der Waals surface area contributed by atoms with Crippen molar-refractivity contribution < 1.29 is 19.0 Å². The number of benzene rings is 4. The van der Waals surface area contributed by atoms with E-state index in [9.17, 15) is 14.3 Å². The summed E-state index contributed by atoms with van der Waals surface area (Å²) in [7, 11) is 0. The minimum Gasteiger partial charge on any atom is -0.489 e. The van der Waals surface area contributed by atoms with Crippen LogP contribution in [0.1, 0.15) is 27.0 Å². The van der Waals surface area contributed by atoms with Crippen LogP contribution in [0.4, 0.5) is 4.39 Å². The highest BCUT2D eigenvalue weighted by Crippen LogP contribution is 2.25. The molecule has 0 aromatic heterocycles. The van der Waals surface area contributed by atoms with Crippen molar-refractivity contribution in [2.75, 3.05) is 0 Å². The third-order valence-electron chi connectivity index (χ3n) is 5.04. The lowest BCUT2D eigenvalue weighted by molar-refractivity contribution is 0.0696. The lowest BCUT2D eigenvalue weighted by Gasteiger charge is -2.07. The van der Waals surface area contributed by atoms with Crippen LogP contribution in [0, 0.1) is 5.82 Å². The fourth-order valence-electron chi connectivity index (χ4n) is 3.31. The van der Waals surface area contributed by atoms with Gasteiger partial charge >= 0.3 is 5.97 Å². The van der Waals surface area contributed by atoms with Crippen molar-refractivity contribution in [1.82, 2.24) is 0 Å². The van der Waals surface area contributed by atoms with Crippen LogP contribution in [0.5, 0.6) is 5.75 Å². The second-order valence-corrected chi connectivity index (χ2v) is 7.29. The number of carboxylic acids is 1. The van der Waals surface area contributed by atoms with Crippen LogP contribution >= 0.6 is 0 Å². The molecule has 3 nitrogen and oxygen atoms in total. The molecule has 0 amide bonds. The summed E-state index contributed by atoms with van der Waals surface area (Å²) in [6.45, 7) is 0.469. The number of hydrogen-bond acceptors (Lipinski definition) is 2. The van der Waals surface area contributed by atoms with Gasteiger partial charge in [0.2, 0.25) is 0 Å². The first-order valence-corrected chi connectivity index (χ1v) is 10.2. The summed E-state index contributed by atoms with van der Waals surface area (Å²) in [5, 5.41) is 9.55. The maximum atomic E-state index is 13.2. The minimum absolute atomic E-state index is 0.208. The van der Waals surface area contributed by atoms with E-state index in [1.165, 1.54) is 12.1 Å². The van der Waals surface area contributed by atoms with Crippen molar-refractivity contribution in [1.29, 1.82) is 0 Å². The molecule has 1 N–H and O–H groups in total. The SMILES string of the molecule is O=C(O)c1ccc(-c2ccc(F)cc2)cc1C=Cc1ccc(COc2ccccc2)cc1. The van der Waals surface area contributed by atoms with Crippen LogP contribution in [-0.4, -0.2) is 11.1 Å². The smallest absolute Gasteiger partial charge is 0.336 e. The van der Waals surface area contributed by atoms with Crippen molar-refractivity contribution in [3.05, 3.63) is 125 Å². The summed E-state index contributed by atoms with van der Waals surface area (Å²) in [4.78, 5) is 11.7. The molecule has 0 saturated heterocycles. The zero-order chi connectivity index (χ0) is 22.3. The van der Waals surface area contributed by atoms with Crippen molar-refractivity contribution in [2.24, 2.45) is 0 Å². The van der Waals surface area contributed by atoms with E-state index in [1.807, 2.05) is 60.7 Å². The molecule has 4 aromatic carbocycles. The summed E-state index contributed by atoms with van der Waals surface area (Å²) in [5.41, 5.74) is 4.41. The van der Waals surface area contributed by atoms with E-state index >= 15 is 0 Å². The van der Waals surface area contributed by atoms with Gasteiger partial charge in [0, 0.05) is 0 Å². The molecule has 158 valence electrons. The number of rotatable bonds is 7. The van der Waals surface area contributed by atoms with Gasteiger partial charge in [-0.1, -0.05) is 72.8 Å². The Kier molecular flexibility index (Phi) is 6.42. The molecule has 0 bridgehead atoms. The molecule has 0 aliphatic rings. The second kappa shape index (κ2) is 9.75. The van der Waals surface area contributed by atoms with Gasteiger partial charge in [-0.3, -0.25) is 0 Å². The van der Waals surface area contributed by atoms with Crippen LogP contribution in [0.2, 0.25) is 0 Å². The van der Waals surface area contributed by atoms with E-state index in [2.05, 4.69) is 0 Å². The highest BCUT2D eigenvalue weighted by atomic mass is 19.1. The maximum absolute atomic E-state index is 13.2. The van der Waals surface area contributed by atoms with Gasteiger partial charge in [-0.25, -0.2) is 9.18 Å². The molecule has 0 heterocycles. The summed E-state index contributed by atoms with van der Waals surface area (Å²) < 4.78 is 19.0. The van der Waals surface area contributed by atoms with Crippen LogP contribution < -0.4 is 4.74 Å². The number of carbonyl (C=O) groups is 1. The average Bonchev–Trinajstić information content (AvgIpc) is 2.83. The lowest BCUT2D eigenvalue weighted by Crippen LogP contribution is -1.99. The van der Waals surface area contributed by atoms with Gasteiger partial charge in [0.1, 0.15) is 18.2 Å². The third-order valence-corrected chi connectivity index (χ3v) is 5.04. The number of carboxylic acid groups (broad SMARTS) is 1. The van der Waals surface area contributed by atoms with E-state index < -0.39 is 5.97 Å². The van der Waals surface area contributed by atoms with Gasteiger partial charge in [-0.15, -0.1) is 0 Å². The lowest BCUT2D eigenvalue weighted by atomic mass is 9.98. The third kappa shape index (κ3) is 5.29. The van der Waals surface area contributed by atoms with Crippen LogP contribution in [0.25, 0.3) is 23.3 Å². The zero-order valence-electron chi connectivity index (χ0n) is 17.2. The first kappa shape index (κ1) is 21.1. The van der Waals surface area contributed by atoms with Crippen molar-refractivity contribution in [3.63, 3.8) is 0 Å². The molecule has 0 fully saturated rings. The average molecular weight is 424 g/mol. The predicted molar refractivity (Wildman–Crippen MR) is 125 cm³/mol. The van der Waals surface area contributed by atoms with Gasteiger partial charge in [0.25, 0.3) is 0 Å². The fourth-order valence-corrected chi connectivity index (χ4v) is 3.31. The number of aromatic carboxylic acids is 1. The van der Waals surface area contributed by atoms with Crippen molar-refractivity contribution >= 4 is 18.1 Å². The molecule has 4 rings (SSSR count). The molecule has 0 atom stereocenters. The summed E-state index contributed by atoms with van der Waals surface area (Å²) in [6.07, 6.45) is 3.66. The Balaban J connectivity index is 1.51. The topological polar surface area (TPSA) is 46.5 Å². The molecule has 0 spiro atoms. The van der Waals surface area contributed by atoms with Gasteiger partial charge < -0.3 is 9.84 Å². The number of halogens is 1. The van der Waals surface area contributed by atoms with Crippen molar-refractivity contribution in [3.8, 4) is 16.9 Å². The standard InChI is InChI=1S/C28H21FO3/c29-25-15-12-22(13-16-25)23-14-17-27(28(30)31)24(18-23)11-10-20-6-8-21(9-7-20)19-32-26-4-2-1-3-5-26/h1-18H,19H2,(H,30,31). The van der Waals surface area contributed by atoms with Crippen molar-refractivity contribution in [2.45, 2.75) is 6.61 Å². The van der Waals surface area contributed by atoms with Gasteiger partial charge in [-0.2, -0.15) is 0 Å². The van der Waals surface area contributed by atoms with E-state index in [0.29, 0.717) is 12.2 Å². The Morgan fingerprint density at radius 2 is 1.50 bits per heavy atom. The largest absolute Gasteiger partial charge is 0.489 e. The van der Waals surface area contributed by atoms with Crippen LogP contribution in [-0.2, 0) is 6.61 Å². The summed E-state index contributed by atoms with van der Waals surface area (Å²) >= 11 is 0. The maximum Gasteiger partial charge on any atom is 0.336 e. The molecular weight excluding hydrogens is 403 g/mol. The van der Waals surface area contributed by atoms with E-state index in [-0.39, 0.29) is 11.4 Å². The molecule has 0 saturated carbocycles. The van der Waals surface area contributed by atoms with E-state index in [0.717, 1.165) is 28.0 Å². The fraction of sp³-hybridized carbons (Fsp3) is 0.0357. The van der Waals surface area contributed by atoms with Crippen LogP contribution in [0.15, 0.2) is 97.1 Å². The first-order valence-electron chi connectivity index (χ1n) is 10.2.